The summed E-state index contributed by atoms with van der Waals surface area (Å²) < 4.78 is 19.6. The van der Waals surface area contributed by atoms with Gasteiger partial charge in [0.15, 0.2) is 0 Å². The minimum absolute atomic E-state index is 0.334. The number of hydrogen-bond acceptors (Lipinski definition) is 3. The predicted molar refractivity (Wildman–Crippen MR) is 136 cm³/mol. The summed E-state index contributed by atoms with van der Waals surface area (Å²) in [4.78, 5) is 0. The Bertz CT molecular complexity index is 319. The van der Waals surface area contributed by atoms with Crippen molar-refractivity contribution < 1.29 is 14.2 Å². The molecule has 0 rings (SSSR count). The summed E-state index contributed by atoms with van der Waals surface area (Å²) in [6, 6.07) is 0. The molecule has 3 nitrogen and oxygen atoms in total. The van der Waals surface area contributed by atoms with Crippen molar-refractivity contribution in [3.8, 4) is 0 Å². The van der Waals surface area contributed by atoms with Gasteiger partial charge in [0.05, 0.1) is 19.8 Å². The van der Waals surface area contributed by atoms with Crippen LogP contribution in [0.2, 0.25) is 0 Å². The van der Waals surface area contributed by atoms with Crippen molar-refractivity contribution in [2.24, 2.45) is 5.92 Å². The summed E-state index contributed by atoms with van der Waals surface area (Å²) in [7, 11) is 0. The van der Waals surface area contributed by atoms with E-state index in [9.17, 15) is 0 Å². The highest BCUT2D eigenvalue weighted by Crippen LogP contribution is 2.35. The van der Waals surface area contributed by atoms with Crippen LogP contribution in [0.1, 0.15) is 150 Å². The third kappa shape index (κ3) is 16.2. The van der Waals surface area contributed by atoms with E-state index < -0.39 is 5.97 Å². The second-order valence-electron chi connectivity index (χ2n) is 9.31. The molecule has 0 heterocycles. The topological polar surface area (TPSA) is 27.7 Å². The third-order valence-corrected chi connectivity index (χ3v) is 6.22. The van der Waals surface area contributed by atoms with Crippen molar-refractivity contribution in [2.75, 3.05) is 19.8 Å². The summed E-state index contributed by atoms with van der Waals surface area (Å²) in [5, 5.41) is 0. The molecule has 0 amide bonds. The maximum absolute atomic E-state index is 6.53. The number of unbranched alkanes of at least 4 members (excludes halogenated alkanes) is 11. The van der Waals surface area contributed by atoms with Gasteiger partial charge in [-0.05, 0) is 32.1 Å². The largest absolute Gasteiger partial charge is 0.327 e. The zero-order chi connectivity index (χ0) is 23.0. The van der Waals surface area contributed by atoms with E-state index in [0.717, 1.165) is 71.2 Å². The summed E-state index contributed by atoms with van der Waals surface area (Å²) in [6.45, 7) is 13.4. The summed E-state index contributed by atoms with van der Waals surface area (Å²) in [6.07, 6.45) is 22.0. The maximum Gasteiger partial charge on any atom is 0.285 e. The van der Waals surface area contributed by atoms with Crippen LogP contribution in [0.5, 0.6) is 0 Å². The SMILES string of the molecule is CCCCCCCCC(CCCCCC)C(OCCCC)(OCCCC)OCCCC. The number of ether oxygens (including phenoxy) is 3. The molecule has 0 aliphatic heterocycles. The van der Waals surface area contributed by atoms with Gasteiger partial charge in [-0.3, -0.25) is 0 Å². The van der Waals surface area contributed by atoms with Crippen molar-refractivity contribution >= 4 is 0 Å². The first kappa shape index (κ1) is 30.9. The molecule has 31 heavy (non-hydrogen) atoms. The van der Waals surface area contributed by atoms with Crippen LogP contribution in [0.25, 0.3) is 0 Å². The molecular weight excluding hydrogens is 384 g/mol. The van der Waals surface area contributed by atoms with Crippen LogP contribution in [0.3, 0.4) is 0 Å². The molecule has 0 aromatic rings. The summed E-state index contributed by atoms with van der Waals surface area (Å²) in [5.41, 5.74) is 0. The van der Waals surface area contributed by atoms with E-state index in [-0.39, 0.29) is 0 Å². The van der Waals surface area contributed by atoms with Crippen LogP contribution in [0.15, 0.2) is 0 Å². The molecule has 1 atom stereocenters. The van der Waals surface area contributed by atoms with Crippen LogP contribution >= 0.6 is 0 Å². The van der Waals surface area contributed by atoms with Gasteiger partial charge in [-0.25, -0.2) is 0 Å². The fraction of sp³-hybridized carbons (Fsp3) is 1.00. The molecule has 0 fully saturated rings. The van der Waals surface area contributed by atoms with Gasteiger partial charge in [-0.2, -0.15) is 0 Å². The van der Waals surface area contributed by atoms with Crippen LogP contribution in [0.4, 0.5) is 0 Å². The van der Waals surface area contributed by atoms with Crippen LogP contribution < -0.4 is 0 Å². The lowest BCUT2D eigenvalue weighted by Gasteiger charge is -2.40. The lowest BCUT2D eigenvalue weighted by atomic mass is 9.91. The first-order valence-electron chi connectivity index (χ1n) is 14.1. The summed E-state index contributed by atoms with van der Waals surface area (Å²) in [5.74, 6) is -0.504. The first-order chi connectivity index (χ1) is 15.2. The normalized spacial score (nSPS) is 13.1. The molecule has 0 aliphatic rings. The van der Waals surface area contributed by atoms with Crippen molar-refractivity contribution in [3.63, 3.8) is 0 Å². The molecule has 3 heteroatoms. The fourth-order valence-corrected chi connectivity index (χ4v) is 4.04. The summed E-state index contributed by atoms with van der Waals surface area (Å²) >= 11 is 0. The van der Waals surface area contributed by atoms with E-state index in [2.05, 4.69) is 34.6 Å². The van der Waals surface area contributed by atoms with E-state index in [0.29, 0.717) is 5.92 Å². The molecule has 1 unspecified atom stereocenters. The van der Waals surface area contributed by atoms with Crippen LogP contribution in [0, 0.1) is 5.92 Å². The van der Waals surface area contributed by atoms with Gasteiger partial charge in [-0.1, -0.05) is 118 Å². The van der Waals surface area contributed by atoms with Gasteiger partial charge in [-0.15, -0.1) is 0 Å². The zero-order valence-corrected chi connectivity index (χ0v) is 22.2. The van der Waals surface area contributed by atoms with Gasteiger partial charge in [0.25, 0.3) is 5.97 Å². The van der Waals surface area contributed by atoms with E-state index in [1.54, 1.807) is 0 Å². The monoisotopic (exact) mass is 442 g/mol. The third-order valence-electron chi connectivity index (χ3n) is 6.22. The van der Waals surface area contributed by atoms with E-state index in [4.69, 9.17) is 14.2 Å². The standard InChI is InChI=1S/C28H58O3/c1-6-11-16-18-19-21-23-27(22-20-17-12-7-2)28(29-24-13-8-3,30-25-14-9-4)31-26-15-10-5/h27H,6-26H2,1-5H3. The quantitative estimate of drug-likeness (QED) is 0.104. The second-order valence-corrected chi connectivity index (χ2v) is 9.31. The number of rotatable bonds is 25. The van der Waals surface area contributed by atoms with Gasteiger partial charge >= 0.3 is 0 Å². The molecule has 0 saturated heterocycles. The van der Waals surface area contributed by atoms with Crippen molar-refractivity contribution in [3.05, 3.63) is 0 Å². The first-order valence-corrected chi connectivity index (χ1v) is 14.1. The predicted octanol–water partition coefficient (Wildman–Crippen LogP) is 9.43. The van der Waals surface area contributed by atoms with E-state index in [1.807, 2.05) is 0 Å². The maximum atomic E-state index is 6.53. The minimum Gasteiger partial charge on any atom is -0.327 e. The van der Waals surface area contributed by atoms with Gasteiger partial charge in [0.1, 0.15) is 0 Å². The van der Waals surface area contributed by atoms with Crippen molar-refractivity contribution in [1.29, 1.82) is 0 Å². The Hall–Kier alpha value is -0.120. The zero-order valence-electron chi connectivity index (χ0n) is 22.2. The highest BCUT2D eigenvalue weighted by atomic mass is 16.9. The highest BCUT2D eigenvalue weighted by Gasteiger charge is 2.42. The van der Waals surface area contributed by atoms with Gasteiger partial charge in [0, 0.05) is 5.92 Å². The van der Waals surface area contributed by atoms with Gasteiger partial charge < -0.3 is 14.2 Å². The van der Waals surface area contributed by atoms with Crippen LogP contribution in [-0.4, -0.2) is 25.8 Å². The Labute approximate surface area is 196 Å². The molecule has 0 N–H and O–H groups in total. The Morgan fingerprint density at radius 3 is 1.13 bits per heavy atom. The average Bonchev–Trinajstić information content (AvgIpc) is 2.77. The Kier molecular flexibility index (Phi) is 23.0. The Morgan fingerprint density at radius 1 is 0.419 bits per heavy atom. The second kappa shape index (κ2) is 23.1. The van der Waals surface area contributed by atoms with Crippen LogP contribution in [-0.2, 0) is 14.2 Å². The molecule has 188 valence electrons. The molecular formula is C28H58O3. The Morgan fingerprint density at radius 2 is 0.742 bits per heavy atom. The molecule has 0 aromatic carbocycles. The lowest BCUT2D eigenvalue weighted by Crippen LogP contribution is -2.47. The smallest absolute Gasteiger partial charge is 0.285 e. The Balaban J connectivity index is 5.28. The van der Waals surface area contributed by atoms with Crippen molar-refractivity contribution in [2.45, 2.75) is 156 Å². The highest BCUT2D eigenvalue weighted by molar-refractivity contribution is 4.74. The lowest BCUT2D eigenvalue weighted by molar-refractivity contribution is -0.407. The molecule has 0 radical (unpaired) electrons. The molecule has 0 aliphatic carbocycles. The van der Waals surface area contributed by atoms with Crippen molar-refractivity contribution in [1.82, 2.24) is 0 Å². The van der Waals surface area contributed by atoms with E-state index in [1.165, 1.54) is 64.2 Å². The number of hydrogen-bond donors (Lipinski definition) is 0. The average molecular weight is 443 g/mol. The fourth-order valence-electron chi connectivity index (χ4n) is 4.04. The molecule has 0 aromatic heterocycles. The minimum atomic E-state index is -0.838. The molecule has 0 saturated carbocycles. The van der Waals surface area contributed by atoms with Gasteiger partial charge in [0.2, 0.25) is 0 Å². The molecule has 0 bridgehead atoms. The molecule has 0 spiro atoms. The van der Waals surface area contributed by atoms with E-state index >= 15 is 0 Å².